The summed E-state index contributed by atoms with van der Waals surface area (Å²) < 4.78 is 27.7. The third kappa shape index (κ3) is 4.79. The smallest absolute Gasteiger partial charge is 0.265 e. The first kappa shape index (κ1) is 21.5. The summed E-state index contributed by atoms with van der Waals surface area (Å²) in [5.41, 5.74) is 1.36. The highest BCUT2D eigenvalue weighted by atomic mass is 32.2. The highest BCUT2D eigenvalue weighted by Gasteiger charge is 2.33. The van der Waals surface area contributed by atoms with Gasteiger partial charge in [0.1, 0.15) is 9.77 Å². The van der Waals surface area contributed by atoms with Crippen molar-refractivity contribution in [3.8, 4) is 0 Å². The summed E-state index contributed by atoms with van der Waals surface area (Å²) in [5, 5.41) is 1.73. The Hall–Kier alpha value is -1.70. The van der Waals surface area contributed by atoms with Crippen LogP contribution in [0.2, 0.25) is 0 Å². The number of rotatable bonds is 6. The van der Waals surface area contributed by atoms with Crippen LogP contribution in [0.25, 0.3) is 0 Å². The topological polar surface area (TPSA) is 57.7 Å². The molecule has 2 saturated heterocycles. The molecule has 2 aliphatic heterocycles. The molecular formula is C23H30N2O3S2. The molecule has 4 rings (SSSR count). The van der Waals surface area contributed by atoms with Crippen LogP contribution in [0.3, 0.4) is 0 Å². The number of hydrogen-bond donors (Lipinski definition) is 0. The molecule has 30 heavy (non-hydrogen) atoms. The minimum atomic E-state index is -3.59. The monoisotopic (exact) mass is 446 g/mol. The lowest BCUT2D eigenvalue weighted by Gasteiger charge is -2.32. The van der Waals surface area contributed by atoms with Gasteiger partial charge in [0.2, 0.25) is 10.0 Å². The van der Waals surface area contributed by atoms with Gasteiger partial charge in [-0.3, -0.25) is 4.79 Å². The maximum absolute atomic E-state index is 13.2. The molecule has 1 aromatic carbocycles. The van der Waals surface area contributed by atoms with Crippen molar-refractivity contribution in [2.45, 2.75) is 49.8 Å². The molecule has 5 nitrogen and oxygen atoms in total. The molecule has 2 aliphatic rings. The molecule has 0 N–H and O–H groups in total. The summed E-state index contributed by atoms with van der Waals surface area (Å²) in [6, 6.07) is 12.1. The van der Waals surface area contributed by atoms with E-state index in [1.807, 2.05) is 11.0 Å². The SMILES string of the molecule is O=C(c1sccc1S(=O)(=O)N1CCCCC1)N1CCC(CCc2ccccc2)CC1. The average molecular weight is 447 g/mol. The maximum Gasteiger partial charge on any atom is 0.265 e. The van der Waals surface area contributed by atoms with Crippen molar-refractivity contribution in [1.82, 2.24) is 9.21 Å². The molecule has 7 heteroatoms. The lowest BCUT2D eigenvalue weighted by atomic mass is 9.90. The second kappa shape index (κ2) is 9.62. The van der Waals surface area contributed by atoms with Gasteiger partial charge < -0.3 is 4.90 Å². The van der Waals surface area contributed by atoms with Crippen LogP contribution in [-0.2, 0) is 16.4 Å². The first-order chi connectivity index (χ1) is 14.6. The Kier molecular flexibility index (Phi) is 6.91. The van der Waals surface area contributed by atoms with Gasteiger partial charge in [-0.25, -0.2) is 8.42 Å². The highest BCUT2D eigenvalue weighted by molar-refractivity contribution is 7.89. The standard InChI is InChI=1S/C23H30N2O3S2/c26-23(22-21(13-18-29-22)30(27,28)25-14-5-2-6-15-25)24-16-11-20(12-17-24)10-9-19-7-3-1-4-8-19/h1,3-4,7-8,13,18,20H,2,5-6,9-12,14-17H2. The number of thiophene rings is 1. The normalized spacial score (nSPS) is 19.1. The van der Waals surface area contributed by atoms with Crippen molar-refractivity contribution in [2.75, 3.05) is 26.2 Å². The number of carbonyl (C=O) groups is 1. The van der Waals surface area contributed by atoms with E-state index in [2.05, 4.69) is 24.3 Å². The van der Waals surface area contributed by atoms with Crippen LogP contribution in [0.1, 0.15) is 53.8 Å². The molecule has 0 unspecified atom stereocenters. The van der Waals surface area contributed by atoms with Crippen molar-refractivity contribution >= 4 is 27.3 Å². The zero-order valence-electron chi connectivity index (χ0n) is 17.3. The Bertz CT molecular complexity index is 942. The molecule has 0 aliphatic carbocycles. The quantitative estimate of drug-likeness (QED) is 0.660. The number of piperidine rings is 2. The van der Waals surface area contributed by atoms with Gasteiger partial charge in [-0.05, 0) is 61.5 Å². The number of benzene rings is 1. The Labute approximate surface area is 183 Å². The maximum atomic E-state index is 13.2. The Morgan fingerprint density at radius 2 is 1.67 bits per heavy atom. The molecule has 162 valence electrons. The van der Waals surface area contributed by atoms with E-state index in [1.54, 1.807) is 15.8 Å². The summed E-state index contributed by atoms with van der Waals surface area (Å²) in [5.74, 6) is 0.497. The molecule has 1 aromatic heterocycles. The fraction of sp³-hybridized carbons (Fsp3) is 0.522. The van der Waals surface area contributed by atoms with Crippen LogP contribution in [0.15, 0.2) is 46.7 Å². The molecule has 0 spiro atoms. The van der Waals surface area contributed by atoms with Crippen LogP contribution < -0.4 is 0 Å². The number of hydrogen-bond acceptors (Lipinski definition) is 4. The number of amides is 1. The zero-order chi connectivity index (χ0) is 21.0. The van der Waals surface area contributed by atoms with Gasteiger partial charge in [0.25, 0.3) is 5.91 Å². The first-order valence-electron chi connectivity index (χ1n) is 11.0. The fourth-order valence-corrected chi connectivity index (χ4v) is 7.36. The number of nitrogens with zero attached hydrogens (tertiary/aromatic N) is 2. The molecule has 0 radical (unpaired) electrons. The van der Waals surface area contributed by atoms with E-state index in [1.165, 1.54) is 16.9 Å². The van der Waals surface area contributed by atoms with Crippen LogP contribution in [0, 0.1) is 5.92 Å². The molecule has 3 heterocycles. The van der Waals surface area contributed by atoms with Crippen LogP contribution >= 0.6 is 11.3 Å². The van der Waals surface area contributed by atoms with Crippen molar-refractivity contribution in [3.05, 3.63) is 52.2 Å². The number of likely N-dealkylation sites (tertiary alicyclic amines) is 1. The van der Waals surface area contributed by atoms with E-state index in [4.69, 9.17) is 0 Å². The second-order valence-corrected chi connectivity index (χ2v) is 11.2. The van der Waals surface area contributed by atoms with Crippen molar-refractivity contribution < 1.29 is 13.2 Å². The van der Waals surface area contributed by atoms with Gasteiger partial charge >= 0.3 is 0 Å². The van der Waals surface area contributed by atoms with E-state index < -0.39 is 10.0 Å². The van der Waals surface area contributed by atoms with Gasteiger partial charge in [0.15, 0.2) is 0 Å². The first-order valence-corrected chi connectivity index (χ1v) is 13.3. The van der Waals surface area contributed by atoms with E-state index in [0.717, 1.165) is 44.9 Å². The zero-order valence-corrected chi connectivity index (χ0v) is 19.0. The third-order valence-electron chi connectivity index (χ3n) is 6.34. The predicted molar refractivity (Wildman–Crippen MR) is 120 cm³/mol. The van der Waals surface area contributed by atoms with E-state index in [-0.39, 0.29) is 10.8 Å². The van der Waals surface area contributed by atoms with Crippen molar-refractivity contribution in [3.63, 3.8) is 0 Å². The van der Waals surface area contributed by atoms with E-state index in [9.17, 15) is 13.2 Å². The van der Waals surface area contributed by atoms with Gasteiger partial charge in [0, 0.05) is 26.2 Å². The van der Waals surface area contributed by atoms with Gasteiger partial charge in [0.05, 0.1) is 0 Å². The lowest BCUT2D eigenvalue weighted by Crippen LogP contribution is -2.40. The van der Waals surface area contributed by atoms with Crippen molar-refractivity contribution in [2.24, 2.45) is 5.92 Å². The molecule has 0 atom stereocenters. The molecule has 2 fully saturated rings. The van der Waals surface area contributed by atoms with Crippen molar-refractivity contribution in [1.29, 1.82) is 0 Å². The average Bonchev–Trinajstić information content (AvgIpc) is 3.30. The lowest BCUT2D eigenvalue weighted by molar-refractivity contribution is 0.0688. The van der Waals surface area contributed by atoms with E-state index in [0.29, 0.717) is 37.0 Å². The van der Waals surface area contributed by atoms with Gasteiger partial charge in [-0.1, -0.05) is 36.8 Å². The Balaban J connectivity index is 1.36. The summed E-state index contributed by atoms with van der Waals surface area (Å²) >= 11 is 1.25. The number of carbonyl (C=O) groups excluding carboxylic acids is 1. The third-order valence-corrected chi connectivity index (χ3v) is 9.31. The summed E-state index contributed by atoms with van der Waals surface area (Å²) in [6.45, 7) is 2.52. The van der Waals surface area contributed by atoms with Gasteiger partial charge in [-0.2, -0.15) is 4.31 Å². The van der Waals surface area contributed by atoms with E-state index >= 15 is 0 Å². The molecular weight excluding hydrogens is 416 g/mol. The Morgan fingerprint density at radius 3 is 2.37 bits per heavy atom. The summed E-state index contributed by atoms with van der Waals surface area (Å²) in [7, 11) is -3.59. The van der Waals surface area contributed by atoms with Crippen LogP contribution in [-0.4, -0.2) is 49.7 Å². The predicted octanol–water partition coefficient (Wildman–Crippen LogP) is 4.41. The largest absolute Gasteiger partial charge is 0.338 e. The fourth-order valence-electron chi connectivity index (χ4n) is 4.48. The second-order valence-electron chi connectivity index (χ2n) is 8.34. The van der Waals surface area contributed by atoms with Gasteiger partial charge in [-0.15, -0.1) is 11.3 Å². The minimum Gasteiger partial charge on any atom is -0.338 e. The number of aryl methyl sites for hydroxylation is 1. The molecule has 0 saturated carbocycles. The highest BCUT2D eigenvalue weighted by Crippen LogP contribution is 2.30. The van der Waals surface area contributed by atoms with Crippen LogP contribution in [0.4, 0.5) is 0 Å². The number of sulfonamides is 1. The minimum absolute atomic E-state index is 0.123. The van der Waals surface area contributed by atoms with Crippen LogP contribution in [0.5, 0.6) is 0 Å². The molecule has 0 bridgehead atoms. The Morgan fingerprint density at radius 1 is 0.967 bits per heavy atom. The summed E-state index contributed by atoms with van der Waals surface area (Å²) in [6.07, 6.45) is 7.03. The molecule has 1 amide bonds. The molecule has 2 aromatic rings. The summed E-state index contributed by atoms with van der Waals surface area (Å²) in [4.78, 5) is 15.6.